The number of Topliss-reactive ketones (excluding diaryl/α,β-unsaturated/α-hetero) is 9. The van der Waals surface area contributed by atoms with E-state index in [9.17, 15) is 43.2 Å². The Morgan fingerprint density at radius 2 is 0.395 bits per heavy atom. The molecule has 0 rings (SSSR count). The maximum absolute atomic E-state index is 9.88. The zero-order valence-corrected chi connectivity index (χ0v) is 27.0. The van der Waals surface area contributed by atoms with Crippen LogP contribution in [0.1, 0.15) is 124 Å². The predicted octanol–water partition coefficient (Wildman–Crippen LogP) is 4.72. The fourth-order valence-corrected chi connectivity index (χ4v) is 0.157. The topological polar surface area (TPSA) is 174 Å². The second-order valence-corrected chi connectivity index (χ2v) is 8.44. The molecule has 0 aliphatic heterocycles. The zero-order valence-electron chi connectivity index (χ0n) is 27.0. The van der Waals surface area contributed by atoms with Gasteiger partial charge in [0.1, 0.15) is 52.0 Å². The smallest absolute Gasteiger partial charge is 0.132 e. The molecule has 0 radical (unpaired) electrons. The first-order valence-electron chi connectivity index (χ1n) is 11.5. The number of hydrogen-bond acceptors (Lipinski definition) is 10. The van der Waals surface area contributed by atoms with Crippen LogP contribution in [0.15, 0.2) is 0 Å². The molecule has 0 aromatic heterocycles. The van der Waals surface area contributed by atoms with Crippen LogP contribution < -0.4 is 0 Å². The SMILES string of the molecule is CC(=O)CCO.CC(C)=O.CC(C)=O.CC(C)=O.CC(C)=O.CC(C)=O.CC(C)=O.CC(C)=O.CC(C)=O. The van der Waals surface area contributed by atoms with Gasteiger partial charge in [-0.2, -0.15) is 0 Å². The van der Waals surface area contributed by atoms with Gasteiger partial charge in [0.2, 0.25) is 0 Å². The Morgan fingerprint density at radius 3 is 0.395 bits per heavy atom. The predicted molar refractivity (Wildman–Crippen MR) is 153 cm³/mol. The molecule has 0 atom stereocenters. The molecule has 0 saturated heterocycles. The largest absolute Gasteiger partial charge is 0.396 e. The van der Waals surface area contributed by atoms with Crippen molar-refractivity contribution in [2.45, 2.75) is 124 Å². The van der Waals surface area contributed by atoms with Gasteiger partial charge in [-0.1, -0.05) is 0 Å². The molecule has 10 heteroatoms. The van der Waals surface area contributed by atoms with Crippen LogP contribution in [0.3, 0.4) is 0 Å². The molecule has 228 valence electrons. The third kappa shape index (κ3) is 338000000. The van der Waals surface area contributed by atoms with Gasteiger partial charge in [0.15, 0.2) is 0 Å². The van der Waals surface area contributed by atoms with Crippen molar-refractivity contribution in [3.63, 3.8) is 0 Å². The quantitative estimate of drug-likeness (QED) is 0.504. The summed E-state index contributed by atoms with van der Waals surface area (Å²) >= 11 is 0. The minimum Gasteiger partial charge on any atom is -0.396 e. The van der Waals surface area contributed by atoms with Crippen molar-refractivity contribution < 1.29 is 48.3 Å². The summed E-state index contributed by atoms with van der Waals surface area (Å²) in [5.74, 6) is 1.37. The Kier molecular flexibility index (Phi) is 86.2. The summed E-state index contributed by atoms with van der Waals surface area (Å²) in [6.07, 6.45) is 0.292. The monoisotopic (exact) mass is 552 g/mol. The molecule has 38 heavy (non-hydrogen) atoms. The molecule has 0 spiro atoms. The fourth-order valence-electron chi connectivity index (χ4n) is 0.157. The summed E-state index contributed by atoms with van der Waals surface area (Å²) in [7, 11) is 0. The summed E-state index contributed by atoms with van der Waals surface area (Å²) in [5, 5.41) is 8.02. The summed E-state index contributed by atoms with van der Waals surface area (Å²) in [6.45, 7) is 25.9. The zero-order chi connectivity index (χ0) is 33.6. The highest BCUT2D eigenvalue weighted by Gasteiger charge is 1.84. The summed E-state index contributed by atoms with van der Waals surface area (Å²) in [4.78, 5) is 85.4. The van der Waals surface area contributed by atoms with Gasteiger partial charge in [-0.25, -0.2) is 0 Å². The second kappa shape index (κ2) is 54.8. The maximum Gasteiger partial charge on any atom is 0.132 e. The Morgan fingerprint density at radius 1 is 0.316 bits per heavy atom. The number of carbonyl (C=O) groups is 9. The van der Waals surface area contributed by atoms with E-state index in [4.69, 9.17) is 5.11 Å². The van der Waals surface area contributed by atoms with E-state index in [1.165, 1.54) is 118 Å². The van der Waals surface area contributed by atoms with E-state index >= 15 is 0 Å². The van der Waals surface area contributed by atoms with Gasteiger partial charge in [0.05, 0.1) is 0 Å². The first kappa shape index (κ1) is 59.8. The molecular formula is C28H56O10. The van der Waals surface area contributed by atoms with Crippen molar-refractivity contribution in [1.29, 1.82) is 0 Å². The first-order chi connectivity index (χ1) is 16.6. The molecule has 0 amide bonds. The summed E-state index contributed by atoms with van der Waals surface area (Å²) in [5.41, 5.74) is 0. The van der Waals surface area contributed by atoms with Crippen molar-refractivity contribution in [1.82, 2.24) is 0 Å². The molecule has 0 aromatic rings. The molecule has 0 unspecified atom stereocenters. The normalized spacial score (nSPS) is 6.79. The molecule has 0 bridgehead atoms. The Balaban J connectivity index is -0.0000000357. The van der Waals surface area contributed by atoms with Crippen molar-refractivity contribution in [2.24, 2.45) is 0 Å². The summed E-state index contributed by atoms with van der Waals surface area (Å²) < 4.78 is 0. The van der Waals surface area contributed by atoms with E-state index in [0.717, 1.165) is 0 Å². The van der Waals surface area contributed by atoms with E-state index < -0.39 is 0 Å². The molecule has 0 aliphatic carbocycles. The van der Waals surface area contributed by atoms with Crippen molar-refractivity contribution >= 4 is 52.0 Å². The van der Waals surface area contributed by atoms with Gasteiger partial charge < -0.3 is 43.5 Å². The van der Waals surface area contributed by atoms with Crippen LogP contribution in [-0.4, -0.2) is 63.8 Å². The minimum absolute atomic E-state index is 0.0185. The highest BCUT2D eigenvalue weighted by atomic mass is 16.3. The van der Waals surface area contributed by atoms with Crippen molar-refractivity contribution in [3.8, 4) is 0 Å². The minimum atomic E-state index is -0.0185. The molecular weight excluding hydrogens is 496 g/mol. The van der Waals surface area contributed by atoms with Crippen LogP contribution in [0.2, 0.25) is 0 Å². The standard InChI is InChI=1S/C4H8O2.8C3H6O/c1-4(6)2-3-5;8*1-3(2)4/h5H,2-3H2,1H3;8*1-2H3. The number of aliphatic hydroxyl groups is 1. The van der Waals surface area contributed by atoms with Gasteiger partial charge >= 0.3 is 0 Å². The lowest BCUT2D eigenvalue weighted by atomic mass is 10.3. The van der Waals surface area contributed by atoms with Crippen LogP contribution in [0.25, 0.3) is 0 Å². The molecule has 0 aliphatic rings. The van der Waals surface area contributed by atoms with E-state index in [0.29, 0.717) is 6.42 Å². The van der Waals surface area contributed by atoms with Gasteiger partial charge in [-0.15, -0.1) is 0 Å². The molecule has 0 aromatic carbocycles. The third-order valence-electron chi connectivity index (χ3n) is 0.464. The highest BCUT2D eigenvalue weighted by molar-refractivity contribution is 5.75. The Labute approximate surface area is 231 Å². The summed E-state index contributed by atoms with van der Waals surface area (Å²) in [6, 6.07) is 0. The van der Waals surface area contributed by atoms with Crippen molar-refractivity contribution in [2.75, 3.05) is 6.61 Å². The Bertz CT molecular complexity index is 470. The number of rotatable bonds is 2. The average Bonchev–Trinajstić information content (AvgIpc) is 2.49. The van der Waals surface area contributed by atoms with Crippen LogP contribution >= 0.6 is 0 Å². The third-order valence-corrected chi connectivity index (χ3v) is 0.464. The van der Waals surface area contributed by atoms with Crippen LogP contribution in [-0.2, 0) is 43.2 Å². The molecule has 0 saturated carbocycles. The molecule has 10 nitrogen and oxygen atoms in total. The average molecular weight is 553 g/mol. The fraction of sp³-hybridized carbons (Fsp3) is 0.679. The number of ketones is 9. The highest BCUT2D eigenvalue weighted by Crippen LogP contribution is 1.74. The van der Waals surface area contributed by atoms with E-state index in [-0.39, 0.29) is 58.7 Å². The van der Waals surface area contributed by atoms with E-state index in [2.05, 4.69) is 0 Å². The van der Waals surface area contributed by atoms with Crippen molar-refractivity contribution in [3.05, 3.63) is 0 Å². The van der Waals surface area contributed by atoms with E-state index in [1.807, 2.05) is 0 Å². The van der Waals surface area contributed by atoms with Crippen LogP contribution in [0, 0.1) is 0 Å². The lowest BCUT2D eigenvalue weighted by molar-refractivity contribution is -0.118. The molecule has 0 fully saturated rings. The lowest BCUT2D eigenvalue weighted by Gasteiger charge is -1.80. The van der Waals surface area contributed by atoms with Gasteiger partial charge in [-0.05, 0) is 118 Å². The van der Waals surface area contributed by atoms with E-state index in [1.54, 1.807) is 0 Å². The Hall–Kier alpha value is -3.01. The van der Waals surface area contributed by atoms with Gasteiger partial charge in [0, 0.05) is 13.0 Å². The molecule has 1 N–H and O–H groups in total. The van der Waals surface area contributed by atoms with Gasteiger partial charge in [0.25, 0.3) is 0 Å². The number of aliphatic hydroxyl groups excluding tert-OH is 1. The molecule has 0 heterocycles. The van der Waals surface area contributed by atoms with Crippen LogP contribution in [0.5, 0.6) is 0 Å². The number of hydrogen-bond donors (Lipinski definition) is 1. The first-order valence-corrected chi connectivity index (χ1v) is 11.5. The maximum atomic E-state index is 9.88. The number of carbonyl (C=O) groups excluding carboxylic acids is 9. The van der Waals surface area contributed by atoms with Gasteiger partial charge in [-0.3, -0.25) is 4.79 Å². The lowest BCUT2D eigenvalue weighted by Crippen LogP contribution is -1.92. The van der Waals surface area contributed by atoms with Crippen LogP contribution in [0.4, 0.5) is 0 Å². The second-order valence-electron chi connectivity index (χ2n) is 8.44.